The molecule has 0 bridgehead atoms. The molecule has 0 aromatic rings. The lowest BCUT2D eigenvalue weighted by Gasteiger charge is -2.06. The number of carbonyl (C=O) groups is 1. The lowest BCUT2D eigenvalue weighted by molar-refractivity contribution is -0.111. The van der Waals surface area contributed by atoms with E-state index in [0.29, 0.717) is 22.3 Å². The molecule has 1 aliphatic rings. The molecule has 0 saturated carbocycles. The van der Waals surface area contributed by atoms with Gasteiger partial charge in [0.25, 0.3) is 0 Å². The largest absolute Gasteiger partial charge is 0.287 e. The van der Waals surface area contributed by atoms with E-state index >= 15 is 0 Å². The van der Waals surface area contributed by atoms with Crippen LogP contribution in [0.3, 0.4) is 0 Å². The molecule has 1 rings (SSSR count). The Morgan fingerprint density at radius 2 is 0.600 bits per heavy atom. The molecule has 0 aromatic heterocycles. The third-order valence-electron chi connectivity index (χ3n) is 3.45. The molecule has 0 N–H and O–H groups in total. The highest BCUT2D eigenvalue weighted by atomic mass is 28.3. The minimum Gasteiger partial charge on any atom is -0.287 e. The Balaban J connectivity index is 3.92. The van der Waals surface area contributed by atoms with Gasteiger partial charge in [-0.1, -0.05) is 102 Å². The molecule has 5 heteroatoms. The van der Waals surface area contributed by atoms with Crippen LogP contribution in [-0.4, -0.2) is 38.1 Å². The number of ketones is 1. The molecule has 0 spiro atoms. The maximum atomic E-state index is 13.4. The third-order valence-corrected chi connectivity index (χ3v) is 6.95. The lowest BCUT2D eigenvalue weighted by atomic mass is 10.1. The molecule has 30 heavy (non-hydrogen) atoms. The van der Waals surface area contributed by atoms with Crippen LogP contribution in [0.1, 0.15) is 0 Å². The van der Waals surface area contributed by atoms with Crippen molar-refractivity contribution in [2.24, 2.45) is 0 Å². The topological polar surface area (TPSA) is 17.1 Å². The molecule has 158 valence electrons. The highest BCUT2D eigenvalue weighted by molar-refractivity contribution is 6.85. The zero-order valence-corrected chi connectivity index (χ0v) is 24.9. The van der Waals surface area contributed by atoms with E-state index in [-0.39, 0.29) is 5.78 Å². The van der Waals surface area contributed by atoms with E-state index in [4.69, 9.17) is 0 Å². The molecular weight excluding hydrogens is 429 g/mol. The number of carbonyl (C=O) groups excluding carboxylic acids is 1. The molecule has 0 radical (unpaired) electrons. The predicted molar refractivity (Wildman–Crippen MR) is 144 cm³/mol. The van der Waals surface area contributed by atoms with Crippen LogP contribution in [0.15, 0.2) is 22.3 Å². The van der Waals surface area contributed by atoms with Crippen molar-refractivity contribution in [3.8, 4) is 45.9 Å². The summed E-state index contributed by atoms with van der Waals surface area (Å²) in [6.45, 7) is 26.3. The van der Waals surface area contributed by atoms with Crippen molar-refractivity contribution in [1.29, 1.82) is 0 Å². The fraction of sp³-hybridized carbons (Fsp3) is 0.480. The van der Waals surface area contributed by atoms with Gasteiger partial charge in [-0.3, -0.25) is 4.79 Å². The van der Waals surface area contributed by atoms with Crippen LogP contribution >= 0.6 is 0 Å². The van der Waals surface area contributed by atoms with Gasteiger partial charge in [0.1, 0.15) is 32.3 Å². The Hall–Kier alpha value is -1.74. The van der Waals surface area contributed by atoms with Crippen molar-refractivity contribution in [1.82, 2.24) is 0 Å². The molecule has 0 aliphatic heterocycles. The normalized spacial score (nSPS) is 14.7. The fourth-order valence-corrected chi connectivity index (χ4v) is 4.09. The summed E-state index contributed by atoms with van der Waals surface area (Å²) < 4.78 is 0. The predicted octanol–water partition coefficient (Wildman–Crippen LogP) is 5.69. The maximum absolute atomic E-state index is 13.4. The molecule has 0 atom stereocenters. The number of hydrogen-bond acceptors (Lipinski definition) is 1. The highest BCUT2D eigenvalue weighted by Gasteiger charge is 2.30. The Kier molecular flexibility index (Phi) is 8.04. The maximum Gasteiger partial charge on any atom is 0.212 e. The van der Waals surface area contributed by atoms with E-state index in [2.05, 4.69) is 124 Å². The third kappa shape index (κ3) is 9.38. The number of rotatable bonds is 0. The minimum atomic E-state index is -1.65. The summed E-state index contributed by atoms with van der Waals surface area (Å²) in [5, 5.41) is 0. The Bertz CT molecular complexity index is 959. The minimum absolute atomic E-state index is 0.0914. The SMILES string of the molecule is C[Si](C)(C)C#CC1=C(C#C[Si](C)(C)C)C(C#C[Si](C)(C)C)=C(C#C[Si](C)(C)C)C1=O. The van der Waals surface area contributed by atoms with E-state index in [0.717, 1.165) is 0 Å². The molecule has 0 amide bonds. The molecular formula is C25H36OSi4. The second-order valence-electron chi connectivity index (χ2n) is 11.8. The van der Waals surface area contributed by atoms with Crippen LogP contribution in [0.25, 0.3) is 0 Å². The Labute approximate surface area is 189 Å². The van der Waals surface area contributed by atoms with Gasteiger partial charge in [0.05, 0.1) is 22.3 Å². The van der Waals surface area contributed by atoms with Crippen molar-refractivity contribution in [2.45, 2.75) is 78.6 Å². The number of Topliss-reactive ketones (excluding diaryl/α,β-unsaturated/α-hetero) is 1. The summed E-state index contributed by atoms with van der Waals surface area (Å²) in [7, 11) is -6.56. The first-order valence-corrected chi connectivity index (χ1v) is 24.5. The monoisotopic (exact) mass is 464 g/mol. The molecule has 0 saturated heterocycles. The van der Waals surface area contributed by atoms with Crippen LogP contribution in [-0.2, 0) is 4.79 Å². The summed E-state index contributed by atoms with van der Waals surface area (Å²) in [4.78, 5) is 13.4. The fourth-order valence-electron chi connectivity index (χ4n) is 2.09. The molecule has 0 fully saturated rings. The van der Waals surface area contributed by atoms with Gasteiger partial charge in [-0.25, -0.2) is 0 Å². The average molecular weight is 465 g/mol. The molecule has 1 nitrogen and oxygen atoms in total. The lowest BCUT2D eigenvalue weighted by Crippen LogP contribution is -2.17. The zero-order chi connectivity index (χ0) is 23.5. The van der Waals surface area contributed by atoms with Crippen molar-refractivity contribution >= 4 is 38.1 Å². The summed E-state index contributed by atoms with van der Waals surface area (Å²) in [5.74, 6) is 13.0. The quantitative estimate of drug-likeness (QED) is 0.333. The summed E-state index contributed by atoms with van der Waals surface area (Å²) in [6.07, 6.45) is 0. The standard InChI is InChI=1S/C25H36OSi4/c1-27(2,3)17-13-21-22(14-18-28(4,5)6)24(16-20-30(10,11)12)25(26)23(21)15-19-29(7,8)9/h1-12H3. The van der Waals surface area contributed by atoms with Gasteiger partial charge in [-0.2, -0.15) is 0 Å². The smallest absolute Gasteiger partial charge is 0.212 e. The van der Waals surface area contributed by atoms with Gasteiger partial charge in [-0.15, -0.1) is 22.2 Å². The second-order valence-corrected chi connectivity index (χ2v) is 30.8. The molecule has 1 aliphatic carbocycles. The van der Waals surface area contributed by atoms with Gasteiger partial charge < -0.3 is 0 Å². The van der Waals surface area contributed by atoms with Crippen LogP contribution in [0, 0.1) is 45.9 Å². The van der Waals surface area contributed by atoms with Crippen LogP contribution in [0.4, 0.5) is 0 Å². The Morgan fingerprint density at radius 3 is 0.800 bits per heavy atom. The van der Waals surface area contributed by atoms with Gasteiger partial charge >= 0.3 is 0 Å². The van der Waals surface area contributed by atoms with Crippen molar-refractivity contribution < 1.29 is 4.79 Å². The number of hydrogen-bond donors (Lipinski definition) is 0. The van der Waals surface area contributed by atoms with Crippen molar-refractivity contribution in [3.05, 3.63) is 22.3 Å². The van der Waals surface area contributed by atoms with E-state index in [1.807, 2.05) is 0 Å². The van der Waals surface area contributed by atoms with Crippen LogP contribution in [0.5, 0.6) is 0 Å². The highest BCUT2D eigenvalue weighted by Crippen LogP contribution is 2.29. The zero-order valence-electron chi connectivity index (χ0n) is 20.9. The van der Waals surface area contributed by atoms with Gasteiger partial charge in [0.2, 0.25) is 5.78 Å². The van der Waals surface area contributed by atoms with Gasteiger partial charge in [0, 0.05) is 0 Å². The molecule has 0 heterocycles. The molecule has 0 unspecified atom stereocenters. The van der Waals surface area contributed by atoms with E-state index in [1.54, 1.807) is 0 Å². The van der Waals surface area contributed by atoms with Crippen LogP contribution in [0.2, 0.25) is 78.6 Å². The van der Waals surface area contributed by atoms with Gasteiger partial charge in [0.15, 0.2) is 0 Å². The van der Waals surface area contributed by atoms with Crippen molar-refractivity contribution in [3.63, 3.8) is 0 Å². The summed E-state index contributed by atoms with van der Waals surface area (Å²) in [6, 6.07) is 0. The van der Waals surface area contributed by atoms with Gasteiger partial charge in [-0.05, 0) is 0 Å². The van der Waals surface area contributed by atoms with E-state index in [1.165, 1.54) is 0 Å². The second kappa shape index (κ2) is 9.18. The first kappa shape index (κ1) is 26.3. The van der Waals surface area contributed by atoms with Crippen LogP contribution < -0.4 is 0 Å². The Morgan fingerprint density at radius 1 is 0.400 bits per heavy atom. The van der Waals surface area contributed by atoms with E-state index in [9.17, 15) is 4.79 Å². The molecule has 0 aromatic carbocycles. The van der Waals surface area contributed by atoms with Crippen molar-refractivity contribution in [2.75, 3.05) is 0 Å². The van der Waals surface area contributed by atoms with E-state index < -0.39 is 32.3 Å². The number of allylic oxidation sites excluding steroid dienone is 4. The first-order valence-electron chi connectivity index (χ1n) is 10.5. The summed E-state index contributed by atoms with van der Waals surface area (Å²) >= 11 is 0. The first-order chi connectivity index (χ1) is 13.3. The summed E-state index contributed by atoms with van der Waals surface area (Å²) in [5.41, 5.74) is 16.0. The average Bonchev–Trinajstić information content (AvgIpc) is 2.75.